The summed E-state index contributed by atoms with van der Waals surface area (Å²) in [6.07, 6.45) is 1.25. The predicted molar refractivity (Wildman–Crippen MR) is 94.9 cm³/mol. The van der Waals surface area contributed by atoms with Gasteiger partial charge in [0.25, 0.3) is 5.89 Å². The number of benzene rings is 2. The SMILES string of the molecule is C=CC(=O)NCc1ccc(-c2nc(-c3ccccc3Br)no2)cc1. The molecule has 0 aliphatic rings. The maximum absolute atomic E-state index is 11.2. The Hall–Kier alpha value is -2.73. The molecular formula is C18H14BrN3O2. The lowest BCUT2D eigenvalue weighted by Crippen LogP contribution is -2.19. The molecule has 0 bridgehead atoms. The fourth-order valence-electron chi connectivity index (χ4n) is 2.12. The number of carbonyl (C=O) groups excluding carboxylic acids is 1. The van der Waals surface area contributed by atoms with Crippen LogP contribution in [0.15, 0.2) is 70.2 Å². The Morgan fingerprint density at radius 1 is 1.21 bits per heavy atom. The summed E-state index contributed by atoms with van der Waals surface area (Å²) < 4.78 is 6.26. The highest BCUT2D eigenvalue weighted by Crippen LogP contribution is 2.27. The van der Waals surface area contributed by atoms with Crippen molar-refractivity contribution in [2.24, 2.45) is 0 Å². The van der Waals surface area contributed by atoms with Crippen LogP contribution in [0.5, 0.6) is 0 Å². The molecule has 120 valence electrons. The fraction of sp³-hybridized carbons (Fsp3) is 0.0556. The third kappa shape index (κ3) is 3.60. The number of rotatable bonds is 5. The molecule has 0 spiro atoms. The van der Waals surface area contributed by atoms with Crippen molar-refractivity contribution in [1.82, 2.24) is 15.5 Å². The summed E-state index contributed by atoms with van der Waals surface area (Å²) in [4.78, 5) is 15.6. The molecule has 0 unspecified atom stereocenters. The minimum Gasteiger partial charge on any atom is -0.348 e. The maximum atomic E-state index is 11.2. The molecule has 3 rings (SSSR count). The van der Waals surface area contributed by atoms with Crippen LogP contribution in [0.3, 0.4) is 0 Å². The van der Waals surface area contributed by atoms with Crippen LogP contribution in [0.25, 0.3) is 22.8 Å². The van der Waals surface area contributed by atoms with Gasteiger partial charge in [0, 0.05) is 22.1 Å². The van der Waals surface area contributed by atoms with Crippen molar-refractivity contribution in [1.29, 1.82) is 0 Å². The van der Waals surface area contributed by atoms with Crippen LogP contribution in [0, 0.1) is 0 Å². The highest BCUT2D eigenvalue weighted by atomic mass is 79.9. The zero-order valence-corrected chi connectivity index (χ0v) is 14.3. The van der Waals surface area contributed by atoms with Gasteiger partial charge in [-0.15, -0.1) is 0 Å². The number of amides is 1. The molecule has 1 amide bonds. The Kier molecular flexibility index (Phi) is 4.86. The third-order valence-electron chi connectivity index (χ3n) is 3.39. The highest BCUT2D eigenvalue weighted by molar-refractivity contribution is 9.10. The zero-order chi connectivity index (χ0) is 16.9. The van der Waals surface area contributed by atoms with Crippen LogP contribution in [0.2, 0.25) is 0 Å². The third-order valence-corrected chi connectivity index (χ3v) is 4.09. The first-order chi connectivity index (χ1) is 11.7. The molecule has 1 N–H and O–H groups in total. The van der Waals surface area contributed by atoms with Gasteiger partial charge < -0.3 is 9.84 Å². The number of nitrogens with zero attached hydrogens (tertiary/aromatic N) is 2. The first-order valence-electron chi connectivity index (χ1n) is 7.25. The topological polar surface area (TPSA) is 68.0 Å². The minimum absolute atomic E-state index is 0.200. The van der Waals surface area contributed by atoms with Crippen LogP contribution in [-0.4, -0.2) is 16.0 Å². The second-order valence-electron chi connectivity index (χ2n) is 5.02. The van der Waals surface area contributed by atoms with E-state index in [0.29, 0.717) is 18.3 Å². The molecule has 0 saturated heterocycles. The average molecular weight is 384 g/mol. The van der Waals surface area contributed by atoms with Gasteiger partial charge in [0.2, 0.25) is 11.7 Å². The molecule has 5 nitrogen and oxygen atoms in total. The fourth-order valence-corrected chi connectivity index (χ4v) is 2.58. The second-order valence-corrected chi connectivity index (χ2v) is 5.88. The van der Waals surface area contributed by atoms with Crippen molar-refractivity contribution in [3.63, 3.8) is 0 Å². The molecule has 0 radical (unpaired) electrons. The number of halogens is 1. The Balaban J connectivity index is 1.77. The number of aromatic nitrogens is 2. The first-order valence-corrected chi connectivity index (χ1v) is 8.05. The smallest absolute Gasteiger partial charge is 0.258 e. The van der Waals surface area contributed by atoms with E-state index in [4.69, 9.17) is 4.52 Å². The normalized spacial score (nSPS) is 10.4. The number of hydrogen-bond donors (Lipinski definition) is 1. The van der Waals surface area contributed by atoms with Gasteiger partial charge >= 0.3 is 0 Å². The molecule has 0 atom stereocenters. The van der Waals surface area contributed by atoms with E-state index in [2.05, 4.69) is 38.0 Å². The van der Waals surface area contributed by atoms with Gasteiger partial charge in [-0.3, -0.25) is 4.79 Å². The van der Waals surface area contributed by atoms with E-state index >= 15 is 0 Å². The van der Waals surface area contributed by atoms with Crippen molar-refractivity contribution in [2.45, 2.75) is 6.54 Å². The molecule has 0 aliphatic carbocycles. The van der Waals surface area contributed by atoms with E-state index in [0.717, 1.165) is 21.2 Å². The molecule has 0 aliphatic heterocycles. The Morgan fingerprint density at radius 3 is 2.67 bits per heavy atom. The van der Waals surface area contributed by atoms with E-state index in [1.165, 1.54) is 6.08 Å². The summed E-state index contributed by atoms with van der Waals surface area (Å²) in [6.45, 7) is 3.86. The first kappa shape index (κ1) is 16.1. The molecule has 6 heteroatoms. The van der Waals surface area contributed by atoms with Crippen molar-refractivity contribution in [3.8, 4) is 22.8 Å². The van der Waals surface area contributed by atoms with Gasteiger partial charge in [0.15, 0.2) is 0 Å². The number of hydrogen-bond acceptors (Lipinski definition) is 4. The minimum atomic E-state index is -0.200. The summed E-state index contributed by atoms with van der Waals surface area (Å²) in [6, 6.07) is 15.3. The summed E-state index contributed by atoms with van der Waals surface area (Å²) in [5.74, 6) is 0.774. The Morgan fingerprint density at radius 2 is 1.96 bits per heavy atom. The zero-order valence-electron chi connectivity index (χ0n) is 12.7. The van der Waals surface area contributed by atoms with Crippen molar-refractivity contribution >= 4 is 21.8 Å². The average Bonchev–Trinajstić information content (AvgIpc) is 3.10. The van der Waals surface area contributed by atoms with Gasteiger partial charge in [-0.2, -0.15) is 4.98 Å². The van der Waals surface area contributed by atoms with Crippen molar-refractivity contribution in [3.05, 3.63) is 71.2 Å². The quantitative estimate of drug-likeness (QED) is 0.676. The molecule has 0 saturated carbocycles. The molecular weight excluding hydrogens is 370 g/mol. The summed E-state index contributed by atoms with van der Waals surface area (Å²) in [5.41, 5.74) is 2.66. The number of carbonyl (C=O) groups is 1. The maximum Gasteiger partial charge on any atom is 0.258 e. The molecule has 24 heavy (non-hydrogen) atoms. The van der Waals surface area contributed by atoms with Gasteiger partial charge in [-0.25, -0.2) is 0 Å². The summed E-state index contributed by atoms with van der Waals surface area (Å²) >= 11 is 3.48. The molecule has 3 aromatic rings. The van der Waals surface area contributed by atoms with Crippen molar-refractivity contribution in [2.75, 3.05) is 0 Å². The van der Waals surface area contributed by atoms with E-state index in [1.54, 1.807) is 0 Å². The van der Waals surface area contributed by atoms with Gasteiger partial charge in [0.05, 0.1) is 0 Å². The van der Waals surface area contributed by atoms with Crippen LogP contribution < -0.4 is 5.32 Å². The lowest BCUT2D eigenvalue weighted by molar-refractivity contribution is -0.116. The Bertz CT molecular complexity index is 872. The van der Waals surface area contributed by atoms with Crippen LogP contribution in [0.1, 0.15) is 5.56 Å². The Labute approximate surface area is 147 Å². The lowest BCUT2D eigenvalue weighted by atomic mass is 10.1. The van der Waals surface area contributed by atoms with Crippen LogP contribution >= 0.6 is 15.9 Å². The monoisotopic (exact) mass is 383 g/mol. The molecule has 1 aromatic heterocycles. The van der Waals surface area contributed by atoms with Gasteiger partial charge in [0.1, 0.15) is 0 Å². The number of nitrogens with one attached hydrogen (secondary N) is 1. The van der Waals surface area contributed by atoms with E-state index in [-0.39, 0.29) is 5.91 Å². The largest absolute Gasteiger partial charge is 0.348 e. The highest BCUT2D eigenvalue weighted by Gasteiger charge is 2.12. The standard InChI is InChI=1S/C18H14BrN3O2/c1-2-16(23)20-11-12-7-9-13(10-8-12)18-21-17(22-24-18)14-5-3-4-6-15(14)19/h2-10H,1,11H2,(H,20,23). The van der Waals surface area contributed by atoms with Gasteiger partial charge in [-0.1, -0.05) is 51.9 Å². The molecule has 0 fully saturated rings. The predicted octanol–water partition coefficient (Wildman–Crippen LogP) is 3.97. The molecule has 1 heterocycles. The van der Waals surface area contributed by atoms with Crippen molar-refractivity contribution < 1.29 is 9.32 Å². The summed E-state index contributed by atoms with van der Waals surface area (Å²) in [5, 5.41) is 6.76. The van der Waals surface area contributed by atoms with E-state index in [1.807, 2.05) is 48.5 Å². The van der Waals surface area contributed by atoms with Crippen LogP contribution in [-0.2, 0) is 11.3 Å². The second kappa shape index (κ2) is 7.23. The summed E-state index contributed by atoms with van der Waals surface area (Å²) in [7, 11) is 0. The van der Waals surface area contributed by atoms with E-state index in [9.17, 15) is 4.79 Å². The molecule has 2 aromatic carbocycles. The van der Waals surface area contributed by atoms with Gasteiger partial charge in [-0.05, 0) is 35.9 Å². The lowest BCUT2D eigenvalue weighted by Gasteiger charge is -2.02. The van der Waals surface area contributed by atoms with E-state index < -0.39 is 0 Å². The van der Waals surface area contributed by atoms with Crippen LogP contribution in [0.4, 0.5) is 0 Å².